The summed E-state index contributed by atoms with van der Waals surface area (Å²) < 4.78 is 24.4. The van der Waals surface area contributed by atoms with Crippen LogP contribution >= 0.6 is 11.6 Å². The third-order valence-electron chi connectivity index (χ3n) is 3.37. The minimum Gasteiger partial charge on any atom is -0.325 e. The molecule has 0 heterocycles. The molecule has 2 rings (SSSR count). The molecule has 0 spiro atoms. The number of aryl methyl sites for hydroxylation is 1. The van der Waals surface area contributed by atoms with Gasteiger partial charge >= 0.3 is 0 Å². The molecule has 0 unspecified atom stereocenters. The van der Waals surface area contributed by atoms with Crippen molar-refractivity contribution in [2.45, 2.75) is 18.7 Å². The number of sulfone groups is 1. The van der Waals surface area contributed by atoms with Crippen LogP contribution in [0.3, 0.4) is 0 Å². The van der Waals surface area contributed by atoms with Crippen LogP contribution in [0, 0.1) is 13.8 Å². The fraction of sp³-hybridized carbons (Fsp3) is 0.188. The molecule has 116 valence electrons. The van der Waals surface area contributed by atoms with Crippen molar-refractivity contribution in [2.24, 2.45) is 0 Å². The zero-order valence-corrected chi connectivity index (χ0v) is 13.8. The van der Waals surface area contributed by atoms with Crippen LogP contribution < -0.4 is 5.32 Å². The zero-order chi connectivity index (χ0) is 16.3. The first-order valence-corrected chi connectivity index (χ1v) is 8.67. The molecule has 0 radical (unpaired) electrons. The van der Waals surface area contributed by atoms with Crippen LogP contribution in [0.15, 0.2) is 47.4 Å². The van der Waals surface area contributed by atoms with Gasteiger partial charge in [-0.05, 0) is 55.3 Å². The van der Waals surface area contributed by atoms with Crippen LogP contribution in [0.1, 0.15) is 11.1 Å². The van der Waals surface area contributed by atoms with E-state index in [0.29, 0.717) is 10.7 Å². The minimum absolute atomic E-state index is 0.0769. The van der Waals surface area contributed by atoms with Gasteiger partial charge in [0.25, 0.3) is 0 Å². The van der Waals surface area contributed by atoms with Crippen LogP contribution in [0.2, 0.25) is 5.02 Å². The van der Waals surface area contributed by atoms with E-state index in [9.17, 15) is 13.2 Å². The first-order valence-electron chi connectivity index (χ1n) is 6.64. The van der Waals surface area contributed by atoms with E-state index < -0.39 is 21.5 Å². The topological polar surface area (TPSA) is 63.2 Å². The Morgan fingerprint density at radius 1 is 1.09 bits per heavy atom. The van der Waals surface area contributed by atoms with Gasteiger partial charge in [0.05, 0.1) is 4.90 Å². The second kappa shape index (κ2) is 6.50. The monoisotopic (exact) mass is 337 g/mol. The highest BCUT2D eigenvalue weighted by molar-refractivity contribution is 7.92. The van der Waals surface area contributed by atoms with Crippen molar-refractivity contribution in [1.82, 2.24) is 0 Å². The summed E-state index contributed by atoms with van der Waals surface area (Å²) in [6.45, 7) is 3.80. The molecule has 0 saturated carbocycles. The van der Waals surface area contributed by atoms with Crippen molar-refractivity contribution in [3.63, 3.8) is 0 Å². The lowest BCUT2D eigenvalue weighted by atomic mass is 10.1. The van der Waals surface area contributed by atoms with Crippen LogP contribution in [0.5, 0.6) is 0 Å². The third-order valence-corrected chi connectivity index (χ3v) is 5.26. The van der Waals surface area contributed by atoms with Crippen LogP contribution in [-0.2, 0) is 14.6 Å². The summed E-state index contributed by atoms with van der Waals surface area (Å²) in [7, 11) is -3.69. The lowest BCUT2D eigenvalue weighted by molar-refractivity contribution is -0.113. The van der Waals surface area contributed by atoms with E-state index in [-0.39, 0.29) is 4.90 Å². The van der Waals surface area contributed by atoms with Crippen LogP contribution in [-0.4, -0.2) is 20.1 Å². The number of benzene rings is 2. The molecular formula is C16H16ClNO3S. The molecule has 22 heavy (non-hydrogen) atoms. The number of nitrogens with one attached hydrogen (secondary N) is 1. The molecule has 0 aromatic heterocycles. The van der Waals surface area contributed by atoms with Gasteiger partial charge in [0, 0.05) is 10.7 Å². The number of rotatable bonds is 4. The van der Waals surface area contributed by atoms with E-state index in [1.165, 1.54) is 24.3 Å². The lowest BCUT2D eigenvalue weighted by Crippen LogP contribution is -2.23. The first kappa shape index (κ1) is 16.5. The van der Waals surface area contributed by atoms with Crippen molar-refractivity contribution in [1.29, 1.82) is 0 Å². The van der Waals surface area contributed by atoms with Crippen LogP contribution in [0.4, 0.5) is 5.69 Å². The number of carbonyl (C=O) groups is 1. The number of amides is 1. The fourth-order valence-electron chi connectivity index (χ4n) is 1.97. The van der Waals surface area contributed by atoms with E-state index in [4.69, 9.17) is 11.6 Å². The SMILES string of the molecule is Cc1cccc(NC(=O)CS(=O)(=O)c2ccc(Cl)cc2)c1C. The standard InChI is InChI=1S/C16H16ClNO3S/c1-11-4-3-5-15(12(11)2)18-16(19)10-22(20,21)14-8-6-13(17)7-9-14/h3-9H,10H2,1-2H3,(H,18,19). The molecule has 6 heteroatoms. The summed E-state index contributed by atoms with van der Waals surface area (Å²) in [4.78, 5) is 12.1. The summed E-state index contributed by atoms with van der Waals surface area (Å²) in [5.41, 5.74) is 2.56. The molecule has 0 atom stereocenters. The highest BCUT2D eigenvalue weighted by Crippen LogP contribution is 2.19. The smallest absolute Gasteiger partial charge is 0.239 e. The van der Waals surface area contributed by atoms with E-state index in [1.54, 1.807) is 6.07 Å². The number of anilines is 1. The van der Waals surface area contributed by atoms with Gasteiger partial charge in [0.2, 0.25) is 5.91 Å². The summed E-state index contributed by atoms with van der Waals surface area (Å²) in [5, 5.41) is 3.09. The maximum absolute atomic E-state index is 12.2. The first-order chi connectivity index (χ1) is 10.3. The number of hydrogen-bond donors (Lipinski definition) is 1. The quantitative estimate of drug-likeness (QED) is 0.930. The van der Waals surface area contributed by atoms with Crippen molar-refractivity contribution in [3.05, 3.63) is 58.6 Å². The van der Waals surface area contributed by atoms with Crippen molar-refractivity contribution >= 4 is 33.0 Å². The van der Waals surface area contributed by atoms with E-state index in [1.807, 2.05) is 26.0 Å². The molecule has 0 aliphatic heterocycles. The molecule has 4 nitrogen and oxygen atoms in total. The van der Waals surface area contributed by atoms with Gasteiger partial charge < -0.3 is 5.32 Å². The fourth-order valence-corrected chi connectivity index (χ4v) is 3.23. The second-order valence-corrected chi connectivity index (χ2v) is 7.43. The molecule has 0 aliphatic rings. The van der Waals surface area contributed by atoms with Crippen molar-refractivity contribution in [2.75, 3.05) is 11.1 Å². The molecule has 2 aromatic carbocycles. The summed E-state index contributed by atoms with van der Waals surface area (Å²) in [6, 6.07) is 11.2. The average Bonchev–Trinajstić information content (AvgIpc) is 2.44. The Labute approximate surface area is 135 Å². The highest BCUT2D eigenvalue weighted by Gasteiger charge is 2.19. The maximum atomic E-state index is 12.2. The van der Waals surface area contributed by atoms with Gasteiger partial charge in [-0.25, -0.2) is 8.42 Å². The second-order valence-electron chi connectivity index (χ2n) is 5.01. The molecule has 0 saturated heterocycles. The van der Waals surface area contributed by atoms with Gasteiger partial charge in [-0.1, -0.05) is 23.7 Å². The Morgan fingerprint density at radius 2 is 1.73 bits per heavy atom. The Kier molecular flexibility index (Phi) is 4.88. The molecule has 0 bridgehead atoms. The molecule has 1 N–H and O–H groups in total. The molecule has 0 fully saturated rings. The van der Waals surface area contributed by atoms with Gasteiger partial charge in [0.1, 0.15) is 5.75 Å². The summed E-state index contributed by atoms with van der Waals surface area (Å²) >= 11 is 5.73. The number of halogens is 1. The predicted octanol–water partition coefficient (Wildman–Crippen LogP) is 3.37. The largest absolute Gasteiger partial charge is 0.325 e. The lowest BCUT2D eigenvalue weighted by Gasteiger charge is -2.10. The van der Waals surface area contributed by atoms with Gasteiger partial charge in [-0.3, -0.25) is 4.79 Å². The zero-order valence-electron chi connectivity index (χ0n) is 12.3. The molecular weight excluding hydrogens is 322 g/mol. The van der Waals surface area contributed by atoms with Gasteiger partial charge in [-0.2, -0.15) is 0 Å². The number of hydrogen-bond acceptors (Lipinski definition) is 3. The Hall–Kier alpha value is -1.85. The Balaban J connectivity index is 2.14. The maximum Gasteiger partial charge on any atom is 0.239 e. The summed E-state index contributed by atoms with van der Waals surface area (Å²) in [5.74, 6) is -1.18. The predicted molar refractivity (Wildman–Crippen MR) is 88.1 cm³/mol. The minimum atomic E-state index is -3.69. The van der Waals surface area contributed by atoms with Crippen LogP contribution in [0.25, 0.3) is 0 Å². The summed E-state index contributed by atoms with van der Waals surface area (Å²) in [6.07, 6.45) is 0. The van der Waals surface area contributed by atoms with E-state index in [2.05, 4.69) is 5.32 Å². The van der Waals surface area contributed by atoms with E-state index >= 15 is 0 Å². The molecule has 2 aromatic rings. The number of carbonyl (C=O) groups excluding carboxylic acids is 1. The normalized spacial score (nSPS) is 11.2. The molecule has 0 aliphatic carbocycles. The van der Waals surface area contributed by atoms with Gasteiger partial charge in [-0.15, -0.1) is 0 Å². The van der Waals surface area contributed by atoms with Gasteiger partial charge in [0.15, 0.2) is 9.84 Å². The van der Waals surface area contributed by atoms with Crippen molar-refractivity contribution in [3.8, 4) is 0 Å². The third kappa shape index (κ3) is 3.87. The van der Waals surface area contributed by atoms with Crippen molar-refractivity contribution < 1.29 is 13.2 Å². The Bertz CT molecular complexity index is 799. The average molecular weight is 338 g/mol. The Morgan fingerprint density at radius 3 is 2.36 bits per heavy atom. The van der Waals surface area contributed by atoms with E-state index in [0.717, 1.165) is 11.1 Å². The molecule has 1 amide bonds. The highest BCUT2D eigenvalue weighted by atomic mass is 35.5.